The van der Waals surface area contributed by atoms with Gasteiger partial charge in [-0.2, -0.15) is 0 Å². The quantitative estimate of drug-likeness (QED) is 0.331. The number of benzene rings is 3. The Bertz CT molecular complexity index is 1270. The van der Waals surface area contributed by atoms with E-state index in [4.69, 9.17) is 46.4 Å². The molecule has 1 amide bonds. The minimum atomic E-state index is -0.495. The Labute approximate surface area is 198 Å². The Kier molecular flexibility index (Phi) is 6.21. The number of anilines is 1. The second-order valence-electron chi connectivity index (χ2n) is 6.66. The van der Waals surface area contributed by atoms with E-state index < -0.39 is 5.91 Å². The Balaban J connectivity index is 1.80. The predicted molar refractivity (Wildman–Crippen MR) is 126 cm³/mol. The first-order valence-electron chi connectivity index (χ1n) is 9.08. The molecule has 9 heteroatoms. The van der Waals surface area contributed by atoms with Crippen LogP contribution in [0.2, 0.25) is 20.1 Å². The van der Waals surface area contributed by atoms with Crippen molar-refractivity contribution in [3.05, 3.63) is 92.1 Å². The van der Waals surface area contributed by atoms with Gasteiger partial charge in [0.25, 0.3) is 5.91 Å². The third-order valence-electron chi connectivity index (χ3n) is 4.52. The third kappa shape index (κ3) is 4.55. The average Bonchev–Trinajstić information content (AvgIpc) is 3.19. The molecule has 156 valence electrons. The van der Waals surface area contributed by atoms with E-state index >= 15 is 0 Å². The summed E-state index contributed by atoms with van der Waals surface area (Å²) < 4.78 is 1.53. The number of carbonyl (C=O) groups is 1. The van der Waals surface area contributed by atoms with Crippen molar-refractivity contribution in [1.82, 2.24) is 14.8 Å². The summed E-state index contributed by atoms with van der Waals surface area (Å²) in [6.07, 6.45) is 0. The van der Waals surface area contributed by atoms with E-state index in [2.05, 4.69) is 15.4 Å². The number of nitrogens with zero attached hydrogens (tertiary/aromatic N) is 3. The number of para-hydroxylation sites is 1. The maximum Gasteiger partial charge on any atom is 0.295 e. The van der Waals surface area contributed by atoms with Gasteiger partial charge in [-0.3, -0.25) is 4.79 Å². The topological polar surface area (TPSA) is 59.8 Å². The standard InChI is InChI=1S/C22H14Cl4N4O/c1-12-3-2-4-17(25)19(12)27-22(31)20-28-21(13-5-7-14(23)8-6-13)30(29-20)15-9-10-16(24)18(26)11-15/h2-11H,1H3,(H,27,31). The molecular weight excluding hydrogens is 478 g/mol. The van der Waals surface area contributed by atoms with Crippen molar-refractivity contribution in [2.45, 2.75) is 6.92 Å². The molecule has 0 unspecified atom stereocenters. The molecular formula is C22H14Cl4N4O. The molecule has 0 aliphatic carbocycles. The first-order valence-corrected chi connectivity index (χ1v) is 10.6. The second kappa shape index (κ2) is 8.89. The van der Waals surface area contributed by atoms with Crippen molar-refractivity contribution in [2.24, 2.45) is 0 Å². The normalized spacial score (nSPS) is 10.9. The van der Waals surface area contributed by atoms with E-state index in [9.17, 15) is 4.79 Å². The Morgan fingerprint density at radius 1 is 0.903 bits per heavy atom. The molecule has 31 heavy (non-hydrogen) atoms. The summed E-state index contributed by atoms with van der Waals surface area (Å²) in [6, 6.07) is 17.5. The van der Waals surface area contributed by atoms with Crippen molar-refractivity contribution < 1.29 is 4.79 Å². The highest BCUT2D eigenvalue weighted by Gasteiger charge is 2.20. The fraction of sp³-hybridized carbons (Fsp3) is 0.0455. The van der Waals surface area contributed by atoms with Crippen LogP contribution in [-0.4, -0.2) is 20.7 Å². The maximum atomic E-state index is 12.9. The van der Waals surface area contributed by atoms with E-state index in [-0.39, 0.29) is 5.82 Å². The van der Waals surface area contributed by atoms with Gasteiger partial charge in [0.15, 0.2) is 5.82 Å². The molecule has 0 aliphatic rings. The number of hydrogen-bond acceptors (Lipinski definition) is 3. The van der Waals surface area contributed by atoms with Crippen molar-refractivity contribution >= 4 is 58.0 Å². The number of aryl methyl sites for hydroxylation is 1. The van der Waals surface area contributed by atoms with Gasteiger partial charge >= 0.3 is 0 Å². The molecule has 0 bridgehead atoms. The fourth-order valence-corrected chi connectivity index (χ4v) is 3.64. The van der Waals surface area contributed by atoms with E-state index in [1.165, 1.54) is 4.68 Å². The molecule has 0 radical (unpaired) electrons. The summed E-state index contributed by atoms with van der Waals surface area (Å²) in [7, 11) is 0. The van der Waals surface area contributed by atoms with E-state index in [1.54, 1.807) is 48.5 Å². The van der Waals surface area contributed by atoms with E-state index in [0.717, 1.165) is 11.1 Å². The number of aromatic nitrogens is 3. The van der Waals surface area contributed by atoms with Gasteiger partial charge in [-0.05, 0) is 61.0 Å². The summed E-state index contributed by atoms with van der Waals surface area (Å²) in [4.78, 5) is 17.4. The minimum Gasteiger partial charge on any atom is -0.318 e. The van der Waals surface area contributed by atoms with Crippen LogP contribution in [0.4, 0.5) is 5.69 Å². The van der Waals surface area contributed by atoms with Crippen LogP contribution in [0.25, 0.3) is 17.1 Å². The Morgan fingerprint density at radius 2 is 1.65 bits per heavy atom. The smallest absolute Gasteiger partial charge is 0.295 e. The molecule has 0 aliphatic heterocycles. The number of carbonyl (C=O) groups excluding carboxylic acids is 1. The van der Waals surface area contributed by atoms with E-state index in [0.29, 0.717) is 37.3 Å². The summed E-state index contributed by atoms with van der Waals surface area (Å²) >= 11 is 24.5. The largest absolute Gasteiger partial charge is 0.318 e. The number of amides is 1. The van der Waals surface area contributed by atoms with Gasteiger partial charge in [0.1, 0.15) is 0 Å². The van der Waals surface area contributed by atoms with Crippen LogP contribution in [0.15, 0.2) is 60.7 Å². The van der Waals surface area contributed by atoms with Crippen LogP contribution < -0.4 is 5.32 Å². The van der Waals surface area contributed by atoms with Crippen LogP contribution in [0.1, 0.15) is 16.2 Å². The van der Waals surface area contributed by atoms with Gasteiger partial charge in [-0.1, -0.05) is 58.5 Å². The Hall–Kier alpha value is -2.57. The molecule has 0 fully saturated rings. The summed E-state index contributed by atoms with van der Waals surface area (Å²) in [5.74, 6) is -0.0864. The molecule has 0 saturated carbocycles. The lowest BCUT2D eigenvalue weighted by Crippen LogP contribution is -2.15. The Morgan fingerprint density at radius 3 is 2.32 bits per heavy atom. The lowest BCUT2D eigenvalue weighted by atomic mass is 10.2. The number of nitrogens with one attached hydrogen (secondary N) is 1. The van der Waals surface area contributed by atoms with Crippen LogP contribution >= 0.6 is 46.4 Å². The predicted octanol–water partition coefficient (Wildman–Crippen LogP) is 7.11. The van der Waals surface area contributed by atoms with Crippen LogP contribution in [0.5, 0.6) is 0 Å². The second-order valence-corrected chi connectivity index (χ2v) is 8.32. The van der Waals surface area contributed by atoms with Crippen molar-refractivity contribution in [2.75, 3.05) is 5.32 Å². The summed E-state index contributed by atoms with van der Waals surface area (Å²) in [5.41, 5.74) is 2.64. The van der Waals surface area contributed by atoms with Crippen molar-refractivity contribution in [3.8, 4) is 17.1 Å². The molecule has 0 spiro atoms. The zero-order chi connectivity index (χ0) is 22.1. The summed E-state index contributed by atoms with van der Waals surface area (Å²) in [5, 5.41) is 8.98. The molecule has 1 N–H and O–H groups in total. The highest BCUT2D eigenvalue weighted by Crippen LogP contribution is 2.29. The highest BCUT2D eigenvalue weighted by molar-refractivity contribution is 6.42. The number of rotatable bonds is 4. The highest BCUT2D eigenvalue weighted by atomic mass is 35.5. The fourth-order valence-electron chi connectivity index (χ4n) is 2.95. The molecule has 0 atom stereocenters. The first kappa shape index (κ1) is 21.7. The zero-order valence-corrected chi connectivity index (χ0v) is 19.1. The van der Waals surface area contributed by atoms with Gasteiger partial charge in [0, 0.05) is 10.6 Å². The minimum absolute atomic E-state index is 0.0321. The van der Waals surface area contributed by atoms with Gasteiger partial charge < -0.3 is 5.32 Å². The van der Waals surface area contributed by atoms with Crippen molar-refractivity contribution in [1.29, 1.82) is 0 Å². The lowest BCUT2D eigenvalue weighted by Gasteiger charge is -2.08. The molecule has 1 heterocycles. The summed E-state index contributed by atoms with van der Waals surface area (Å²) in [6.45, 7) is 1.85. The van der Waals surface area contributed by atoms with Crippen LogP contribution in [0.3, 0.4) is 0 Å². The SMILES string of the molecule is Cc1cccc(Cl)c1NC(=O)c1nc(-c2ccc(Cl)cc2)n(-c2ccc(Cl)c(Cl)c2)n1. The van der Waals surface area contributed by atoms with Crippen LogP contribution in [-0.2, 0) is 0 Å². The van der Waals surface area contributed by atoms with Crippen molar-refractivity contribution in [3.63, 3.8) is 0 Å². The first-order chi connectivity index (χ1) is 14.8. The molecule has 4 rings (SSSR count). The molecule has 3 aromatic carbocycles. The zero-order valence-electron chi connectivity index (χ0n) is 16.0. The molecule has 4 aromatic rings. The van der Waals surface area contributed by atoms with Gasteiger partial charge in [-0.25, -0.2) is 9.67 Å². The van der Waals surface area contributed by atoms with Gasteiger partial charge in [0.2, 0.25) is 5.82 Å². The lowest BCUT2D eigenvalue weighted by molar-refractivity contribution is 0.101. The monoisotopic (exact) mass is 490 g/mol. The van der Waals surface area contributed by atoms with Gasteiger partial charge in [-0.15, -0.1) is 5.10 Å². The molecule has 0 saturated heterocycles. The number of hydrogen-bond donors (Lipinski definition) is 1. The third-order valence-corrected chi connectivity index (χ3v) is 5.83. The van der Waals surface area contributed by atoms with Gasteiger partial charge in [0.05, 0.1) is 26.4 Å². The molecule has 1 aromatic heterocycles. The maximum absolute atomic E-state index is 12.9. The number of halogens is 4. The molecule has 5 nitrogen and oxygen atoms in total. The van der Waals surface area contributed by atoms with E-state index in [1.807, 2.05) is 19.1 Å². The average molecular weight is 492 g/mol. The van der Waals surface area contributed by atoms with Crippen LogP contribution in [0, 0.1) is 6.92 Å².